The predicted molar refractivity (Wildman–Crippen MR) is 125 cm³/mol. The van der Waals surface area contributed by atoms with Gasteiger partial charge in [0.25, 0.3) is 5.91 Å². The van der Waals surface area contributed by atoms with E-state index in [1.807, 2.05) is 18.2 Å². The van der Waals surface area contributed by atoms with Gasteiger partial charge in [0.1, 0.15) is 18.4 Å². The van der Waals surface area contributed by atoms with Crippen LogP contribution in [0.3, 0.4) is 0 Å². The minimum Gasteiger partial charge on any atom is -0.370 e. The number of hydrogen-bond acceptors (Lipinski definition) is 5. The number of piperidine rings is 1. The van der Waals surface area contributed by atoms with Gasteiger partial charge in [-0.25, -0.2) is 4.39 Å². The molecule has 7 nitrogen and oxygen atoms in total. The van der Waals surface area contributed by atoms with Crippen LogP contribution in [0.2, 0.25) is 0 Å². The van der Waals surface area contributed by atoms with E-state index in [0.717, 1.165) is 69.2 Å². The number of nitriles is 1. The van der Waals surface area contributed by atoms with Crippen molar-refractivity contribution < 1.29 is 9.18 Å². The van der Waals surface area contributed by atoms with E-state index in [1.54, 1.807) is 6.07 Å². The van der Waals surface area contributed by atoms with Gasteiger partial charge in [-0.2, -0.15) is 5.26 Å². The Balaban J connectivity index is 1.55. The highest BCUT2D eigenvalue weighted by Gasteiger charge is 2.23. The lowest BCUT2D eigenvalue weighted by molar-refractivity contribution is 0.102. The molecule has 0 unspecified atom stereocenters. The number of hydrogen-bond donors (Lipinski definition) is 2. The van der Waals surface area contributed by atoms with Crippen LogP contribution in [-0.2, 0) is 0 Å². The number of aromatic amines is 1. The molecule has 0 bridgehead atoms. The van der Waals surface area contributed by atoms with Crippen LogP contribution in [0.5, 0.6) is 0 Å². The normalized spacial score (nSPS) is 17.9. The number of anilines is 3. The van der Waals surface area contributed by atoms with Crippen LogP contribution in [0.15, 0.2) is 30.5 Å². The number of halogens is 1. The van der Waals surface area contributed by atoms with Crippen molar-refractivity contribution in [2.24, 2.45) is 5.92 Å². The number of nitrogens with zero attached hydrogens (tertiary/aromatic N) is 4. The Bertz CT molecular complexity index is 967. The molecule has 2 N–H and O–H groups in total. The molecule has 0 radical (unpaired) electrons. The van der Waals surface area contributed by atoms with Crippen molar-refractivity contribution in [2.75, 3.05) is 67.6 Å². The van der Waals surface area contributed by atoms with Gasteiger partial charge in [0.15, 0.2) is 0 Å². The van der Waals surface area contributed by atoms with Crippen molar-refractivity contribution in [1.82, 2.24) is 9.88 Å². The van der Waals surface area contributed by atoms with Crippen molar-refractivity contribution in [3.63, 3.8) is 0 Å². The molecule has 32 heavy (non-hydrogen) atoms. The van der Waals surface area contributed by atoms with E-state index in [-0.39, 0.29) is 12.6 Å². The van der Waals surface area contributed by atoms with Crippen LogP contribution >= 0.6 is 0 Å². The molecule has 0 atom stereocenters. The fourth-order valence-corrected chi connectivity index (χ4v) is 4.46. The van der Waals surface area contributed by atoms with Crippen LogP contribution in [0, 0.1) is 17.2 Å². The van der Waals surface area contributed by atoms with Crippen LogP contribution < -0.4 is 15.1 Å². The number of rotatable bonds is 6. The summed E-state index contributed by atoms with van der Waals surface area (Å²) in [7, 11) is 0. The summed E-state index contributed by atoms with van der Waals surface area (Å²) in [5.74, 6) is 0.449. The second-order valence-corrected chi connectivity index (χ2v) is 8.76. The molecule has 2 aliphatic heterocycles. The summed E-state index contributed by atoms with van der Waals surface area (Å²) in [6.45, 7) is 7.83. The van der Waals surface area contributed by atoms with E-state index in [2.05, 4.69) is 38.0 Å². The summed E-state index contributed by atoms with van der Waals surface area (Å²) < 4.78 is 12.7. The number of carbonyl (C=O) groups is 1. The first-order valence-corrected chi connectivity index (χ1v) is 11.4. The van der Waals surface area contributed by atoms with Crippen molar-refractivity contribution in [3.8, 4) is 6.07 Å². The molecule has 4 rings (SSSR count). The molecule has 170 valence electrons. The Morgan fingerprint density at radius 3 is 2.56 bits per heavy atom. The molecule has 0 aliphatic carbocycles. The zero-order valence-electron chi connectivity index (χ0n) is 18.6. The van der Waals surface area contributed by atoms with Gasteiger partial charge < -0.3 is 20.1 Å². The molecule has 2 aliphatic rings. The lowest BCUT2D eigenvalue weighted by atomic mass is 9.98. The van der Waals surface area contributed by atoms with Crippen LogP contribution in [-0.4, -0.2) is 68.3 Å². The molecule has 0 saturated carbocycles. The first-order valence-electron chi connectivity index (χ1n) is 11.4. The predicted octanol–water partition coefficient (Wildman–Crippen LogP) is 3.47. The molecule has 1 aromatic carbocycles. The lowest BCUT2D eigenvalue weighted by Gasteiger charge is -2.37. The third-order valence-electron chi connectivity index (χ3n) is 6.55. The van der Waals surface area contributed by atoms with E-state index < -0.39 is 0 Å². The maximum absolute atomic E-state index is 12.8. The Hall–Kier alpha value is -3.05. The maximum atomic E-state index is 12.8. The summed E-state index contributed by atoms with van der Waals surface area (Å²) in [4.78, 5) is 22.5. The summed E-state index contributed by atoms with van der Waals surface area (Å²) in [5, 5.41) is 12.1. The Morgan fingerprint density at radius 1 is 1.16 bits per heavy atom. The first-order chi connectivity index (χ1) is 15.6. The lowest BCUT2D eigenvalue weighted by Crippen LogP contribution is -2.47. The fraction of sp³-hybridized carbons (Fsp3) is 0.500. The van der Waals surface area contributed by atoms with E-state index in [9.17, 15) is 9.18 Å². The third-order valence-corrected chi connectivity index (χ3v) is 6.55. The first kappa shape index (κ1) is 22.2. The number of carbonyl (C=O) groups excluding carboxylic acids is 1. The van der Waals surface area contributed by atoms with Crippen LogP contribution in [0.25, 0.3) is 0 Å². The summed E-state index contributed by atoms with van der Waals surface area (Å²) in [5.41, 5.74) is 3.73. The topological polar surface area (TPSA) is 78.4 Å². The van der Waals surface area contributed by atoms with Crippen molar-refractivity contribution in [3.05, 3.63) is 41.7 Å². The molecule has 2 saturated heterocycles. The van der Waals surface area contributed by atoms with Crippen molar-refractivity contribution in [2.45, 2.75) is 19.8 Å². The minimum absolute atomic E-state index is 0.259. The zero-order valence-corrected chi connectivity index (χ0v) is 18.6. The zero-order chi connectivity index (χ0) is 22.5. The average molecular weight is 439 g/mol. The van der Waals surface area contributed by atoms with E-state index >= 15 is 0 Å². The van der Waals surface area contributed by atoms with Gasteiger partial charge in [0.2, 0.25) is 0 Å². The summed E-state index contributed by atoms with van der Waals surface area (Å²) in [6, 6.07) is 9.79. The fourth-order valence-electron chi connectivity index (χ4n) is 4.46. The molecule has 1 amide bonds. The highest BCUT2D eigenvalue weighted by atomic mass is 19.1. The van der Waals surface area contributed by atoms with Crippen LogP contribution in [0.1, 0.15) is 35.8 Å². The number of nitrogens with one attached hydrogen (secondary N) is 2. The van der Waals surface area contributed by atoms with E-state index in [1.165, 1.54) is 6.20 Å². The average Bonchev–Trinajstić information content (AvgIpc) is 3.30. The minimum atomic E-state index is -0.303. The smallest absolute Gasteiger partial charge is 0.272 e. The molecule has 8 heteroatoms. The number of alkyl halides is 1. The number of aromatic nitrogens is 1. The van der Waals surface area contributed by atoms with Crippen LogP contribution in [0.4, 0.5) is 21.5 Å². The number of amides is 1. The number of piperazine rings is 1. The highest BCUT2D eigenvalue weighted by Crippen LogP contribution is 2.34. The van der Waals surface area contributed by atoms with E-state index in [4.69, 9.17) is 5.26 Å². The molecule has 0 spiro atoms. The molecule has 2 fully saturated rings. The van der Waals surface area contributed by atoms with Gasteiger partial charge in [-0.15, -0.1) is 0 Å². The highest BCUT2D eigenvalue weighted by molar-refractivity contribution is 6.05. The van der Waals surface area contributed by atoms with Gasteiger partial charge >= 0.3 is 0 Å². The number of benzene rings is 1. The molecular weight excluding hydrogens is 407 g/mol. The standard InChI is InChI=1S/C24H31FN6O/c1-18-4-7-31(8-5-18)23-15-20(30-12-10-29(9-6-25)11-13-30)2-3-21(23)28-24(32)22-14-19(16-26)17-27-22/h2-3,14-15,17-18,27H,4-13H2,1H3,(H,28,32). The molecular formula is C24H31FN6O. The van der Waals surface area contributed by atoms with Crippen molar-refractivity contribution in [1.29, 1.82) is 5.26 Å². The SMILES string of the molecule is CC1CCN(c2cc(N3CCN(CCF)CC3)ccc2NC(=O)c2cc(C#N)c[nH]2)CC1. The monoisotopic (exact) mass is 438 g/mol. The third kappa shape index (κ3) is 5.05. The maximum Gasteiger partial charge on any atom is 0.272 e. The second kappa shape index (κ2) is 10.0. The van der Waals surface area contributed by atoms with E-state index in [0.29, 0.717) is 23.7 Å². The van der Waals surface area contributed by atoms with Gasteiger partial charge in [-0.05, 0) is 43.0 Å². The molecule has 3 heterocycles. The summed E-state index contributed by atoms with van der Waals surface area (Å²) in [6.07, 6.45) is 3.79. The largest absolute Gasteiger partial charge is 0.370 e. The van der Waals surface area contributed by atoms with Gasteiger partial charge in [-0.3, -0.25) is 9.69 Å². The van der Waals surface area contributed by atoms with Gasteiger partial charge in [0.05, 0.1) is 16.9 Å². The summed E-state index contributed by atoms with van der Waals surface area (Å²) >= 11 is 0. The quantitative estimate of drug-likeness (QED) is 0.722. The molecule has 2 aromatic rings. The Morgan fingerprint density at radius 2 is 1.91 bits per heavy atom. The second-order valence-electron chi connectivity index (χ2n) is 8.76. The van der Waals surface area contributed by atoms with Gasteiger partial charge in [0, 0.05) is 57.7 Å². The Labute approximate surface area is 188 Å². The molecule has 1 aromatic heterocycles. The van der Waals surface area contributed by atoms with Crippen molar-refractivity contribution >= 4 is 23.0 Å². The number of H-pyrrole nitrogens is 1. The van der Waals surface area contributed by atoms with Gasteiger partial charge in [-0.1, -0.05) is 6.92 Å². The Kier molecular flexibility index (Phi) is 6.96.